The van der Waals surface area contributed by atoms with Crippen LogP contribution in [0.3, 0.4) is 0 Å². The van der Waals surface area contributed by atoms with Gasteiger partial charge in [-0.1, -0.05) is 0 Å². The quantitative estimate of drug-likeness (QED) is 0.756. The van der Waals surface area contributed by atoms with E-state index in [0.29, 0.717) is 0 Å². The smallest absolute Gasteiger partial charge is 0.290 e. The second-order valence-electron chi connectivity index (χ2n) is 7.70. The highest BCUT2D eigenvalue weighted by molar-refractivity contribution is 7.91. The molecule has 162 valence electrons. The van der Waals surface area contributed by atoms with Gasteiger partial charge in [-0.05, 0) is 25.5 Å². The van der Waals surface area contributed by atoms with Gasteiger partial charge in [0.2, 0.25) is 5.95 Å². The molecule has 2 aliphatic rings. The van der Waals surface area contributed by atoms with Gasteiger partial charge in [-0.15, -0.1) is 0 Å². The van der Waals surface area contributed by atoms with Gasteiger partial charge in [0.25, 0.3) is 5.92 Å². The number of alkyl halides is 2. The molecule has 3 atom stereocenters. The number of ether oxygens (including phenoxy) is 1. The molecule has 1 saturated heterocycles. The van der Waals surface area contributed by atoms with Crippen LogP contribution in [0.15, 0.2) is 17.0 Å². The van der Waals surface area contributed by atoms with Gasteiger partial charge >= 0.3 is 0 Å². The minimum absolute atomic E-state index is 0.00147. The monoisotopic (exact) mass is 442 g/mol. The molecule has 30 heavy (non-hydrogen) atoms. The lowest BCUT2D eigenvalue weighted by Crippen LogP contribution is -2.59. The average molecular weight is 442 g/mol. The molecular weight excluding hydrogens is 421 g/mol. The first-order chi connectivity index (χ1) is 13.9. The zero-order chi connectivity index (χ0) is 22.0. The zero-order valence-electron chi connectivity index (χ0n) is 16.6. The van der Waals surface area contributed by atoms with Crippen LogP contribution in [0.5, 0.6) is 5.75 Å². The summed E-state index contributed by atoms with van der Waals surface area (Å²) in [5, 5.41) is 9.79. The molecule has 1 aromatic heterocycles. The summed E-state index contributed by atoms with van der Waals surface area (Å²) < 4.78 is 69.0. The van der Waals surface area contributed by atoms with Crippen molar-refractivity contribution in [1.29, 1.82) is 4.78 Å². The molecule has 4 rings (SSSR count). The van der Waals surface area contributed by atoms with Gasteiger partial charge in [-0.3, -0.25) is 0 Å². The maximum Gasteiger partial charge on any atom is 0.290 e. The summed E-state index contributed by atoms with van der Waals surface area (Å²) in [6.07, 6.45) is 0.0620. The highest BCUT2D eigenvalue weighted by Crippen LogP contribution is 2.45. The standard InChI is InChI=1S/C19H21F3N4O3S/c1-9-13(27)8-26(9)18-24-15(11-4-5-19(21,22)17(11)25-18)10-6-12(20)16(29-2)14(7-10)30(3,23)28/h6-7,9,13,23,27H,4-5,8H2,1-3H3/t9-,13+,30-/m0/s1. The van der Waals surface area contributed by atoms with Crippen molar-refractivity contribution in [3.05, 3.63) is 29.2 Å². The molecule has 2 aromatic rings. The van der Waals surface area contributed by atoms with E-state index in [1.807, 2.05) is 0 Å². The number of nitrogens with one attached hydrogen (secondary N) is 1. The maximum atomic E-state index is 14.7. The molecule has 0 amide bonds. The van der Waals surface area contributed by atoms with Gasteiger partial charge in [0.1, 0.15) is 5.69 Å². The van der Waals surface area contributed by atoms with E-state index in [-0.39, 0.29) is 52.4 Å². The van der Waals surface area contributed by atoms with E-state index in [4.69, 9.17) is 9.52 Å². The summed E-state index contributed by atoms with van der Waals surface area (Å²) in [7, 11) is -2.17. The number of halogens is 3. The molecule has 7 nitrogen and oxygen atoms in total. The van der Waals surface area contributed by atoms with Crippen LogP contribution in [-0.2, 0) is 22.1 Å². The van der Waals surface area contributed by atoms with Crippen LogP contribution >= 0.6 is 0 Å². The summed E-state index contributed by atoms with van der Waals surface area (Å²) in [6, 6.07) is 2.02. The Balaban J connectivity index is 1.96. The van der Waals surface area contributed by atoms with Crippen molar-refractivity contribution in [3.63, 3.8) is 0 Å². The second kappa shape index (κ2) is 6.81. The number of benzene rings is 1. The van der Waals surface area contributed by atoms with Gasteiger partial charge in [0.15, 0.2) is 11.6 Å². The van der Waals surface area contributed by atoms with Crippen molar-refractivity contribution < 1.29 is 27.2 Å². The third-order valence-corrected chi connectivity index (χ3v) is 6.77. The Bertz CT molecular complexity index is 1140. The Morgan fingerprint density at radius 3 is 2.63 bits per heavy atom. The van der Waals surface area contributed by atoms with Crippen LogP contribution in [-0.4, -0.2) is 51.3 Å². The summed E-state index contributed by atoms with van der Waals surface area (Å²) in [4.78, 5) is 9.90. The Morgan fingerprint density at radius 2 is 2.07 bits per heavy atom. The fourth-order valence-electron chi connectivity index (χ4n) is 3.83. The van der Waals surface area contributed by atoms with Gasteiger partial charge < -0.3 is 14.7 Å². The van der Waals surface area contributed by atoms with E-state index in [9.17, 15) is 22.5 Å². The summed E-state index contributed by atoms with van der Waals surface area (Å²) in [5.41, 5.74) is 0.00112. The summed E-state index contributed by atoms with van der Waals surface area (Å²) in [6.45, 7) is 1.92. The molecule has 2 heterocycles. The van der Waals surface area contributed by atoms with Crippen molar-refractivity contribution >= 4 is 15.7 Å². The van der Waals surface area contributed by atoms with E-state index >= 15 is 0 Å². The SMILES string of the molecule is COc1c(F)cc(-c2nc(N3C[C@@H](O)[C@@H]3C)nc3c2CCC3(F)F)cc1[S@@](C)(=N)=O. The highest BCUT2D eigenvalue weighted by Gasteiger charge is 2.45. The number of aliphatic hydroxyl groups is 1. The Morgan fingerprint density at radius 1 is 1.37 bits per heavy atom. The van der Waals surface area contributed by atoms with Gasteiger partial charge in [0.05, 0.1) is 39.6 Å². The number of nitrogens with zero attached hydrogens (tertiary/aromatic N) is 3. The van der Waals surface area contributed by atoms with Gasteiger partial charge in [-0.2, -0.15) is 8.78 Å². The molecule has 0 spiro atoms. The van der Waals surface area contributed by atoms with Crippen LogP contribution in [0.1, 0.15) is 24.6 Å². The minimum atomic E-state index is -3.37. The number of methoxy groups -OCH3 is 1. The molecule has 0 unspecified atom stereocenters. The van der Waals surface area contributed by atoms with Crippen LogP contribution in [0.2, 0.25) is 0 Å². The first kappa shape index (κ1) is 20.9. The van der Waals surface area contributed by atoms with Crippen LogP contribution in [0.25, 0.3) is 11.3 Å². The second-order valence-corrected chi connectivity index (χ2v) is 9.82. The Hall–Kier alpha value is -2.40. The lowest BCUT2D eigenvalue weighted by Gasteiger charge is -2.43. The predicted molar refractivity (Wildman–Crippen MR) is 104 cm³/mol. The van der Waals surface area contributed by atoms with Crippen LogP contribution in [0.4, 0.5) is 19.1 Å². The number of aromatic nitrogens is 2. The Kier molecular flexibility index (Phi) is 4.73. The van der Waals surface area contributed by atoms with E-state index in [1.54, 1.807) is 11.8 Å². The van der Waals surface area contributed by atoms with E-state index in [1.165, 1.54) is 13.2 Å². The maximum absolute atomic E-state index is 14.7. The molecule has 2 N–H and O–H groups in total. The van der Waals surface area contributed by atoms with E-state index in [2.05, 4.69) is 9.97 Å². The minimum Gasteiger partial charge on any atom is -0.492 e. The van der Waals surface area contributed by atoms with Crippen molar-refractivity contribution in [2.75, 3.05) is 24.8 Å². The van der Waals surface area contributed by atoms with Gasteiger partial charge in [0, 0.05) is 30.3 Å². The lowest BCUT2D eigenvalue weighted by molar-refractivity contribution is -0.00603. The molecule has 0 saturated carbocycles. The van der Waals surface area contributed by atoms with Crippen molar-refractivity contribution in [3.8, 4) is 17.0 Å². The van der Waals surface area contributed by atoms with Crippen LogP contribution < -0.4 is 9.64 Å². The fraction of sp³-hybridized carbons (Fsp3) is 0.474. The predicted octanol–water partition coefficient (Wildman–Crippen LogP) is 2.93. The van der Waals surface area contributed by atoms with Gasteiger partial charge in [-0.25, -0.2) is 23.3 Å². The van der Waals surface area contributed by atoms with E-state index < -0.39 is 39.7 Å². The first-order valence-electron chi connectivity index (χ1n) is 9.29. The zero-order valence-corrected chi connectivity index (χ0v) is 17.4. The number of β-amino-alcohol motifs (C(OH)–C–C–N with tert-alkyl or cyclic N) is 1. The Labute approximate surface area is 171 Å². The van der Waals surface area contributed by atoms with Crippen molar-refractivity contribution in [2.24, 2.45) is 0 Å². The number of hydrogen-bond donors (Lipinski definition) is 2. The molecule has 1 fully saturated rings. The third-order valence-electron chi connectivity index (χ3n) is 5.63. The third kappa shape index (κ3) is 3.20. The van der Waals surface area contributed by atoms with E-state index in [0.717, 1.165) is 12.3 Å². The van der Waals surface area contributed by atoms with Crippen LogP contribution in [0, 0.1) is 10.6 Å². The average Bonchev–Trinajstić information content (AvgIpc) is 2.98. The molecule has 1 aromatic carbocycles. The lowest BCUT2D eigenvalue weighted by atomic mass is 10.0. The number of anilines is 1. The number of aliphatic hydroxyl groups excluding tert-OH is 1. The summed E-state index contributed by atoms with van der Waals surface area (Å²) >= 11 is 0. The molecule has 0 bridgehead atoms. The fourth-order valence-corrected chi connectivity index (χ4v) is 4.71. The molecule has 1 aliphatic heterocycles. The number of hydrogen-bond acceptors (Lipinski definition) is 7. The molecule has 0 radical (unpaired) electrons. The largest absolute Gasteiger partial charge is 0.492 e. The highest BCUT2D eigenvalue weighted by atomic mass is 32.2. The number of fused-ring (bicyclic) bond motifs is 1. The van der Waals surface area contributed by atoms with Crippen molar-refractivity contribution in [1.82, 2.24) is 9.97 Å². The molecule has 11 heteroatoms. The topological polar surface area (TPSA) is 99.4 Å². The van der Waals surface area contributed by atoms with Crippen molar-refractivity contribution in [2.45, 2.75) is 42.7 Å². The first-order valence-corrected chi connectivity index (χ1v) is 11.3. The number of rotatable bonds is 4. The summed E-state index contributed by atoms with van der Waals surface area (Å²) in [5.74, 6) is -4.32. The molecular formula is C19H21F3N4O3S. The normalized spacial score (nSPS) is 24.2. The molecule has 1 aliphatic carbocycles.